The molecule has 0 aromatic heterocycles. The van der Waals surface area contributed by atoms with Crippen molar-refractivity contribution in [1.29, 1.82) is 0 Å². The second kappa shape index (κ2) is 13.7. The number of quaternary nitrogens is 1. The molecule has 0 saturated heterocycles. The van der Waals surface area contributed by atoms with E-state index in [1.165, 1.54) is 50.5 Å². The quantitative estimate of drug-likeness (QED) is 0.424. The summed E-state index contributed by atoms with van der Waals surface area (Å²) >= 11 is 0. The zero-order chi connectivity index (χ0) is 17.0. The number of hydrogen-bond acceptors (Lipinski definition) is 1. The first-order chi connectivity index (χ1) is 11.0. The molecule has 3 heteroatoms. The van der Waals surface area contributed by atoms with Gasteiger partial charge in [0, 0.05) is 12.0 Å². The van der Waals surface area contributed by atoms with Crippen molar-refractivity contribution in [1.82, 2.24) is 0 Å². The van der Waals surface area contributed by atoms with Crippen LogP contribution in [0.15, 0.2) is 30.3 Å². The molecule has 24 heavy (non-hydrogen) atoms. The minimum absolute atomic E-state index is 0. The molecule has 2 nitrogen and oxygen atoms in total. The monoisotopic (exact) mass is 355 g/mol. The van der Waals surface area contributed by atoms with Gasteiger partial charge < -0.3 is 22.0 Å². The fourth-order valence-electron chi connectivity index (χ4n) is 3.14. The first-order valence-electron chi connectivity index (χ1n) is 9.57. The van der Waals surface area contributed by atoms with Crippen LogP contribution in [0.2, 0.25) is 0 Å². The molecule has 0 bridgehead atoms. The van der Waals surface area contributed by atoms with E-state index < -0.39 is 0 Å². The lowest BCUT2D eigenvalue weighted by Gasteiger charge is -2.30. The molecule has 0 radical (unpaired) electrons. The molecule has 0 aliphatic carbocycles. The maximum absolute atomic E-state index is 10.2. The van der Waals surface area contributed by atoms with Crippen LogP contribution in [0.25, 0.3) is 0 Å². The topological polar surface area (TPSA) is 20.2 Å². The molecule has 0 saturated carbocycles. The second-order valence-corrected chi connectivity index (χ2v) is 7.66. The lowest BCUT2D eigenvalue weighted by Crippen LogP contribution is -3.00. The predicted octanol–water partition coefficient (Wildman–Crippen LogP) is 2.16. The normalized spacial score (nSPS) is 12.7. The van der Waals surface area contributed by atoms with E-state index in [4.69, 9.17) is 0 Å². The Morgan fingerprint density at radius 3 is 2.08 bits per heavy atom. The van der Waals surface area contributed by atoms with Crippen LogP contribution in [0.1, 0.15) is 70.3 Å². The summed E-state index contributed by atoms with van der Waals surface area (Å²) in [6, 6.07) is 10.6. The summed E-state index contributed by atoms with van der Waals surface area (Å²) in [6.45, 7) is 4.33. The SMILES string of the molecule is CCCCCCCCCC(O)CC[N+](C)(C)Cc1ccccc1.[Cl-]. The predicted molar refractivity (Wildman–Crippen MR) is 100 cm³/mol. The van der Waals surface area contributed by atoms with Crippen LogP contribution in [0.3, 0.4) is 0 Å². The van der Waals surface area contributed by atoms with Gasteiger partial charge in [-0.2, -0.15) is 0 Å². The molecule has 0 amide bonds. The van der Waals surface area contributed by atoms with Crippen LogP contribution in [-0.2, 0) is 6.54 Å². The third-order valence-electron chi connectivity index (χ3n) is 4.66. The maximum Gasteiger partial charge on any atom is 0.104 e. The number of aliphatic hydroxyl groups is 1. The molecule has 1 rings (SSSR count). The fourth-order valence-corrected chi connectivity index (χ4v) is 3.14. The molecule has 140 valence electrons. The molecule has 1 aromatic carbocycles. The van der Waals surface area contributed by atoms with E-state index in [9.17, 15) is 5.11 Å². The van der Waals surface area contributed by atoms with Crippen LogP contribution in [0.5, 0.6) is 0 Å². The average Bonchev–Trinajstić information content (AvgIpc) is 2.53. The number of halogens is 1. The van der Waals surface area contributed by atoms with Gasteiger partial charge in [0.1, 0.15) is 6.54 Å². The molecular formula is C21H38ClNO. The third kappa shape index (κ3) is 11.9. The largest absolute Gasteiger partial charge is 1.00 e. The number of nitrogens with zero attached hydrogens (tertiary/aromatic N) is 1. The van der Waals surface area contributed by atoms with Gasteiger partial charge >= 0.3 is 0 Å². The van der Waals surface area contributed by atoms with Crippen molar-refractivity contribution in [2.24, 2.45) is 0 Å². The van der Waals surface area contributed by atoms with Crippen LogP contribution in [-0.4, -0.2) is 36.3 Å². The first-order valence-corrected chi connectivity index (χ1v) is 9.57. The first kappa shape index (κ1) is 23.4. The van der Waals surface area contributed by atoms with E-state index in [2.05, 4.69) is 51.4 Å². The van der Waals surface area contributed by atoms with Crippen LogP contribution < -0.4 is 12.4 Å². The summed E-state index contributed by atoms with van der Waals surface area (Å²) in [6.07, 6.45) is 11.0. The zero-order valence-electron chi connectivity index (χ0n) is 16.0. The molecule has 1 aromatic rings. The molecule has 1 unspecified atom stereocenters. The lowest BCUT2D eigenvalue weighted by atomic mass is 10.0. The Balaban J connectivity index is 0.00000529. The second-order valence-electron chi connectivity index (χ2n) is 7.66. The van der Waals surface area contributed by atoms with Gasteiger partial charge in [0.05, 0.1) is 26.7 Å². The highest BCUT2D eigenvalue weighted by molar-refractivity contribution is 5.13. The Morgan fingerprint density at radius 2 is 1.46 bits per heavy atom. The molecule has 0 aliphatic heterocycles. The van der Waals surface area contributed by atoms with Crippen molar-refractivity contribution in [2.75, 3.05) is 20.6 Å². The Morgan fingerprint density at radius 1 is 0.875 bits per heavy atom. The van der Waals surface area contributed by atoms with Crippen molar-refractivity contribution in [3.8, 4) is 0 Å². The van der Waals surface area contributed by atoms with E-state index in [-0.39, 0.29) is 18.5 Å². The molecule has 0 spiro atoms. The Kier molecular flexibility index (Phi) is 13.4. The van der Waals surface area contributed by atoms with E-state index in [0.717, 1.165) is 30.4 Å². The van der Waals surface area contributed by atoms with Gasteiger partial charge in [0.2, 0.25) is 0 Å². The summed E-state index contributed by atoms with van der Waals surface area (Å²) in [5.74, 6) is 0. The van der Waals surface area contributed by atoms with Crippen molar-refractivity contribution < 1.29 is 22.0 Å². The molecule has 0 fully saturated rings. The van der Waals surface area contributed by atoms with Gasteiger partial charge in [-0.1, -0.05) is 82.2 Å². The number of benzene rings is 1. The molecule has 1 N–H and O–H groups in total. The van der Waals surface area contributed by atoms with E-state index >= 15 is 0 Å². The zero-order valence-corrected chi connectivity index (χ0v) is 16.8. The van der Waals surface area contributed by atoms with Crippen molar-refractivity contribution in [3.63, 3.8) is 0 Å². The van der Waals surface area contributed by atoms with Gasteiger partial charge in [0.15, 0.2) is 0 Å². The van der Waals surface area contributed by atoms with Gasteiger partial charge in [-0.3, -0.25) is 0 Å². The van der Waals surface area contributed by atoms with E-state index in [0.29, 0.717) is 0 Å². The van der Waals surface area contributed by atoms with Crippen LogP contribution >= 0.6 is 0 Å². The van der Waals surface area contributed by atoms with Gasteiger partial charge in [-0.15, -0.1) is 0 Å². The standard InChI is InChI=1S/C21H38NO.ClH/c1-4-5-6-7-8-9-13-16-21(23)17-18-22(2,3)19-20-14-11-10-12-15-20;/h10-12,14-15,21,23H,4-9,13,16-19H2,1-3H3;1H/q+1;/p-1. The molecule has 1 atom stereocenters. The van der Waals surface area contributed by atoms with Crippen LogP contribution in [0.4, 0.5) is 0 Å². The maximum atomic E-state index is 10.2. The summed E-state index contributed by atoms with van der Waals surface area (Å²) < 4.78 is 0.943. The molecular weight excluding hydrogens is 318 g/mol. The highest BCUT2D eigenvalue weighted by atomic mass is 35.5. The molecule has 0 heterocycles. The smallest absolute Gasteiger partial charge is 0.104 e. The number of aliphatic hydroxyl groups excluding tert-OH is 1. The average molecular weight is 356 g/mol. The van der Waals surface area contributed by atoms with Gasteiger partial charge in [-0.05, 0) is 6.42 Å². The number of unbranched alkanes of at least 4 members (excludes halogenated alkanes) is 6. The summed E-state index contributed by atoms with van der Waals surface area (Å²) in [4.78, 5) is 0. The minimum Gasteiger partial charge on any atom is -1.00 e. The molecule has 0 aliphatic rings. The summed E-state index contributed by atoms with van der Waals surface area (Å²) in [7, 11) is 4.51. The highest BCUT2D eigenvalue weighted by Gasteiger charge is 2.17. The van der Waals surface area contributed by atoms with E-state index in [1.54, 1.807) is 0 Å². The fraction of sp³-hybridized carbons (Fsp3) is 0.714. The number of hydrogen-bond donors (Lipinski definition) is 1. The summed E-state index contributed by atoms with van der Waals surface area (Å²) in [5, 5.41) is 10.2. The number of rotatable bonds is 13. The van der Waals surface area contributed by atoms with Crippen LogP contribution in [0, 0.1) is 0 Å². The van der Waals surface area contributed by atoms with E-state index in [1.807, 2.05) is 0 Å². The summed E-state index contributed by atoms with van der Waals surface area (Å²) in [5.41, 5.74) is 1.37. The van der Waals surface area contributed by atoms with Gasteiger partial charge in [-0.25, -0.2) is 0 Å². The Labute approximate surface area is 156 Å². The lowest BCUT2D eigenvalue weighted by molar-refractivity contribution is -0.904. The van der Waals surface area contributed by atoms with Crippen molar-refractivity contribution >= 4 is 0 Å². The third-order valence-corrected chi connectivity index (χ3v) is 4.66. The Hall–Kier alpha value is -0.570. The van der Waals surface area contributed by atoms with Gasteiger partial charge in [0.25, 0.3) is 0 Å². The minimum atomic E-state index is -0.126. The van der Waals surface area contributed by atoms with Crippen molar-refractivity contribution in [2.45, 2.75) is 77.4 Å². The highest BCUT2D eigenvalue weighted by Crippen LogP contribution is 2.14. The van der Waals surface area contributed by atoms with Crippen molar-refractivity contribution in [3.05, 3.63) is 35.9 Å². The Bertz CT molecular complexity index is 394.